The highest BCUT2D eigenvalue weighted by Crippen LogP contribution is 0.188. The molecule has 0 fully saturated rings. The van der Waals surface area contributed by atoms with Gasteiger partial charge in [-0.2, -0.15) is 0 Å². The summed E-state index contributed by atoms with van der Waals surface area (Å²) in [6.07, 6.45) is 0. The zero-order chi connectivity index (χ0) is 0. The van der Waals surface area contributed by atoms with E-state index in [-0.39, 0.29) is 1000 Å². The summed E-state index contributed by atoms with van der Waals surface area (Å²) >= 11 is 0. The van der Waals surface area contributed by atoms with E-state index in [4.69, 9.17) is 0 Å². The molecule has 0 aromatic rings. The van der Waals surface area contributed by atoms with E-state index in [0.717, 1.165) is 0 Å². The number of hydrogen-bond donors (Lipinski definition) is 0. The molecule has 0 bridgehead atoms. The molecule has 83 heteroatoms. The van der Waals surface area contributed by atoms with Crippen LogP contribution in [0.25, 0.3) is 0 Å². The van der Waals surface area contributed by atoms with Crippen molar-refractivity contribution in [2.75, 3.05) is 0 Å². The molecule has 0 saturated heterocycles. The lowest BCUT2D eigenvalue weighted by Gasteiger charge is -0.0786. The van der Waals surface area contributed by atoms with E-state index in [1.54, 1.807) is 0 Å². The highest BCUT2D eigenvalue weighted by Gasteiger charge is 0.104. The summed E-state index contributed by atoms with van der Waals surface area (Å²) in [5.74, 6) is 0. The van der Waals surface area contributed by atoms with Gasteiger partial charge in [0.25, 0.3) is 0 Å². The monoisotopic (exact) mass is 1560 g/mol. The van der Waals surface area contributed by atoms with Gasteiger partial charge in [-0.15, -0.1) is 0 Å². The molecule has 0 aromatic heterocycles. The highest BCUT2D eigenvalue weighted by molar-refractivity contribution is 5.84. The van der Waals surface area contributed by atoms with Crippen LogP contribution < -0.4 is 0 Å². The van der Waals surface area contributed by atoms with Gasteiger partial charge in [-0.3, -0.25) is 0 Å². The van der Waals surface area contributed by atoms with Crippen LogP contribution in [0.5, 0.6) is 0 Å². The summed E-state index contributed by atoms with van der Waals surface area (Å²) in [5, 5.41) is 0. The number of rotatable bonds is 0. The molecule has 0 rings (SSSR count). The molecule has 0 aliphatic carbocycles. The van der Waals surface area contributed by atoms with Crippen LogP contribution >= 0.6 is 0 Å². The van der Waals surface area contributed by atoms with Crippen LogP contribution in [0.3, 0.4) is 0 Å². The molecule has 0 amide bonds. The van der Waals surface area contributed by atoms with Crippen molar-refractivity contribution in [2.24, 2.45) is 0 Å². The third kappa shape index (κ3) is 65700. The first-order valence-corrected chi connectivity index (χ1v) is 0. The Morgan fingerprint density at radius 3 is 0.0331 bits per heavy atom. The first-order chi connectivity index (χ1) is 0. The Balaban J connectivity index is 0. The van der Waals surface area contributed by atoms with Crippen LogP contribution in [0.15, 0.2) is 0 Å². The zero-order valence-electron chi connectivity index (χ0n) is 47.9. The predicted molar refractivity (Wildman–Crippen MR) is 763 cm³/mol. The van der Waals surface area contributed by atoms with Gasteiger partial charge in [-0.1, -0.05) is 282 Å². The lowest BCUT2D eigenvalue weighted by atomic mass is 10.8. The predicted octanol–water partition coefficient (Wildman–Crippen LogP) is -3.99. The minimum absolute atomic E-state index is 0. The van der Waals surface area contributed by atoms with E-state index >= 15 is 0 Å². The molecule has 121 heavy (non-hydrogen) atoms. The summed E-state index contributed by atoms with van der Waals surface area (Å²) in [6, 6.07) is 0. The summed E-state index contributed by atoms with van der Waals surface area (Å²) in [6.45, 7) is 0. The standard InChI is InChI=1S/38CH4.83B.14H2/h38*1H4;;;;;;;;;;;;;;;;;;;;;;;;;;;;;;;;;;;;;;;;;;;;;;;;;;;;;;;;;;;;;;;;;;;;;;;;;;;;;;;;;;;;14*1H/i;;;;;;;;;;;;;;;;;;;;;;;;;;;;;;;;;;;;;;;;;;;;;;;;;;;;;;;;;;;;;;;;;;;;;;;;;;;;;;;;;;;;;;;;;;;;;;;;;;;;;;;;;;;;;;;;;;;;;;;;;5*1+1;;;;;;;;;. The van der Waals surface area contributed by atoms with E-state index in [9.17, 15) is 0 Å². The molecular weight excluding hydrogens is 1350 g/mol. The molecule has 0 aromatic carbocycles. The molecule has 0 N–H and O–H groups in total. The molecular formula is C38H180B83. The van der Waals surface area contributed by atoms with Crippen molar-refractivity contribution in [1.82, 2.24) is 0 Å². The SMILES string of the molecule is C.C.C.C.C.C.C.C.C.C.C.C.C.C.C.C.C.C.C.C.C.C.C.C.C.C.C.C.C.C.C.C.C.C.C.C.C.C.[2HH].[2HH].[2HH].[2HH].[2HH].[B].[B].[B].[B].[B].[B].[B].[B].[B].[B].[B].[B].[B].[B].[B].[B].[B].[B].[B].[B].[B].[B].[B].[B].[B].[B].[B].[B].[B].[B].[B].[B].[B].[B].[B].[B].[B].[B].[B].[B].[B].[B].[B].[B].[B].[B].[B].[B].[B].[B].[B].[B].[B].[B].[B].[B].[B].[B].[B].[B].[B].[B].[B].[B].[B].[B].[B].[B].[B].[B].[B].[B].[B].[B].[B].[B].[B].[B].[B].[B].[B].[B].[B].[HH].[HH].[HH].[HH].[HH].[HH].[HH].[HH].[HH]. The molecule has 0 heterocycles. The normalized spacial score (nSPS) is 0. The Hall–Kier alpha value is 5.39. The van der Waals surface area contributed by atoms with Gasteiger partial charge >= 0.3 is 0 Å². The van der Waals surface area contributed by atoms with E-state index in [2.05, 4.69) is 0 Å². The maximum Gasteiger partial charge on any atom is 0 e. The van der Waals surface area contributed by atoms with Gasteiger partial charge in [-0.25, -0.2) is 0 Å². The Morgan fingerprint density at radius 2 is 0.0331 bits per heavy atom. The van der Waals surface area contributed by atoms with Crippen LogP contribution in [0.2, 0.25) is 0 Å². The fraction of sp³-hybridized carbons (Fsp3) is 1.00. The Bertz CT molecular complexity index is 174. The van der Waals surface area contributed by atoms with Crippen molar-refractivity contribution in [1.29, 1.82) is 0 Å². The Morgan fingerprint density at radius 1 is 0.0331 bits per heavy atom. The third-order valence-corrected chi connectivity index (χ3v) is 0. The van der Waals surface area contributed by atoms with Crippen LogP contribution in [-0.4, -0.2) is 698 Å². The van der Waals surface area contributed by atoms with Crippen molar-refractivity contribution in [3.8, 4) is 0 Å². The summed E-state index contributed by atoms with van der Waals surface area (Å²) in [7, 11) is 0. The van der Waals surface area contributed by atoms with Gasteiger partial charge < -0.3 is 0 Å². The van der Waals surface area contributed by atoms with E-state index in [1.165, 1.54) is 0 Å². The Kier molecular flexibility index (Phi) is 37800000. The maximum absolute atomic E-state index is 0. The first-order valence-electron chi connectivity index (χ1n) is 0. The fourth-order valence-corrected chi connectivity index (χ4v) is 0. The first kappa shape index (κ1) is 68400. The summed E-state index contributed by atoms with van der Waals surface area (Å²) in [4.78, 5) is 0. The van der Waals surface area contributed by atoms with Crippen LogP contribution in [0.1, 0.15) is 302 Å². The second-order valence-electron chi connectivity index (χ2n) is 0. The van der Waals surface area contributed by atoms with Crippen molar-refractivity contribution < 1.29 is 20.0 Å². The van der Waals surface area contributed by atoms with Crippen LogP contribution in [0.4, 0.5) is 0 Å². The molecule has 0 saturated carbocycles. The highest BCUT2D eigenvalue weighted by atomic mass is 12.1. The summed E-state index contributed by atoms with van der Waals surface area (Å²) in [5.41, 5.74) is 0. The maximum atomic E-state index is 0. The molecule has 0 aliphatic heterocycles. The largest absolute Gasteiger partial charge is 0.0776 e. The average molecular weight is 1540 g/mol. The van der Waals surface area contributed by atoms with Gasteiger partial charge in [0.2, 0.25) is 0 Å². The second-order valence-corrected chi connectivity index (χ2v) is 0. The molecule has 249 radical (unpaired) electrons. The van der Waals surface area contributed by atoms with Gasteiger partial charge in [0.05, 0.1) is 0 Å². The fourth-order valence-electron chi connectivity index (χ4n) is 0. The lowest BCUT2D eigenvalue weighted by molar-refractivity contribution is 2.50. The molecule has 0 spiro atoms. The van der Waals surface area contributed by atoms with Gasteiger partial charge in [0, 0.05) is 718 Å². The quantitative estimate of drug-likeness (QED) is 0.218. The molecule has 0 unspecified atom stereocenters. The minimum Gasteiger partial charge on any atom is -0.0776 e. The van der Waals surface area contributed by atoms with E-state index in [0.29, 0.717) is 0 Å². The van der Waals surface area contributed by atoms with Crippen LogP contribution in [0, 0.1) is 0 Å². The van der Waals surface area contributed by atoms with Gasteiger partial charge in [0.15, 0.2) is 0 Å². The van der Waals surface area contributed by atoms with Crippen molar-refractivity contribution in [3.63, 3.8) is 0 Å². The molecule has 0 atom stereocenters. The van der Waals surface area contributed by atoms with E-state index in [1.807, 2.05) is 0 Å². The zero-order valence-corrected chi connectivity index (χ0v) is 47.9. The summed E-state index contributed by atoms with van der Waals surface area (Å²) < 4.78 is 0. The Labute approximate surface area is 993 Å². The average Bonchev–Trinajstić information content (AvgIpc) is 0. The minimum atomic E-state index is 0. The van der Waals surface area contributed by atoms with Crippen molar-refractivity contribution >= 4 is 698 Å². The number of hydrogen-bond acceptors (Lipinski definition) is 0. The molecule has 0 nitrogen and oxygen atoms in total. The molecule has 0 aliphatic rings. The van der Waals surface area contributed by atoms with Gasteiger partial charge in [-0.05, 0) is 0 Å². The van der Waals surface area contributed by atoms with E-state index < -0.39 is 0 Å². The van der Waals surface area contributed by atoms with Crippen molar-refractivity contribution in [2.45, 2.75) is 282 Å². The topological polar surface area (TPSA) is 0 Å². The smallest absolute Gasteiger partial charge is 0 e. The molecule has 581 valence electrons. The van der Waals surface area contributed by atoms with Crippen molar-refractivity contribution in [3.05, 3.63) is 0 Å². The second kappa shape index (κ2) is 66800. The third-order valence-electron chi connectivity index (χ3n) is 0. The van der Waals surface area contributed by atoms with Crippen LogP contribution in [-0.2, 0) is 0 Å². The lowest BCUT2D eigenvalue weighted by Crippen LogP contribution is -0.382. The van der Waals surface area contributed by atoms with Gasteiger partial charge in [0.1, 0.15) is 0 Å².